The molecule has 1 aliphatic heterocycles. The molecule has 128 valence electrons. The molecule has 1 aromatic carbocycles. The summed E-state index contributed by atoms with van der Waals surface area (Å²) < 4.78 is 5.41. The molecule has 0 bridgehead atoms. The molecule has 0 saturated carbocycles. The SMILES string of the molecule is CC(C)(C)OC(=O)N1CCC(CNc2c(Cl)cccc2Cl)CC1. The van der Waals surface area contributed by atoms with E-state index in [1.54, 1.807) is 4.90 Å². The highest BCUT2D eigenvalue weighted by atomic mass is 35.5. The van der Waals surface area contributed by atoms with Gasteiger partial charge in [-0.2, -0.15) is 0 Å². The molecule has 4 nitrogen and oxygen atoms in total. The molecule has 0 spiro atoms. The lowest BCUT2D eigenvalue weighted by molar-refractivity contribution is 0.0188. The number of likely N-dealkylation sites (tertiary alicyclic amines) is 1. The Bertz CT molecular complexity index is 530. The molecule has 23 heavy (non-hydrogen) atoms. The molecule has 6 heteroatoms. The second kappa shape index (κ2) is 7.63. The van der Waals surface area contributed by atoms with Gasteiger partial charge in [0.2, 0.25) is 0 Å². The predicted octanol–water partition coefficient (Wildman–Crippen LogP) is 5.05. The summed E-state index contributed by atoms with van der Waals surface area (Å²) in [6.07, 6.45) is 1.65. The lowest BCUT2D eigenvalue weighted by atomic mass is 9.97. The number of carbonyl (C=O) groups is 1. The van der Waals surface area contributed by atoms with Crippen LogP contribution in [0.4, 0.5) is 10.5 Å². The van der Waals surface area contributed by atoms with Gasteiger partial charge in [-0.1, -0.05) is 29.3 Å². The van der Waals surface area contributed by atoms with Crippen LogP contribution in [-0.4, -0.2) is 36.2 Å². The average Bonchev–Trinajstić information content (AvgIpc) is 2.45. The highest BCUT2D eigenvalue weighted by molar-refractivity contribution is 6.39. The highest BCUT2D eigenvalue weighted by Gasteiger charge is 2.26. The Morgan fingerprint density at radius 3 is 2.35 bits per heavy atom. The van der Waals surface area contributed by atoms with Crippen molar-refractivity contribution in [2.75, 3.05) is 25.0 Å². The van der Waals surface area contributed by atoms with Crippen LogP contribution in [0.5, 0.6) is 0 Å². The largest absolute Gasteiger partial charge is 0.444 e. The van der Waals surface area contributed by atoms with Crippen molar-refractivity contribution in [3.63, 3.8) is 0 Å². The number of amides is 1. The molecular weight excluding hydrogens is 335 g/mol. The van der Waals surface area contributed by atoms with E-state index in [0.717, 1.165) is 38.2 Å². The number of hydrogen-bond donors (Lipinski definition) is 1. The zero-order chi connectivity index (χ0) is 17.0. The quantitative estimate of drug-likeness (QED) is 0.821. The fraction of sp³-hybridized carbons (Fsp3) is 0.588. The number of ether oxygens (including phenoxy) is 1. The third-order valence-electron chi connectivity index (χ3n) is 3.80. The summed E-state index contributed by atoms with van der Waals surface area (Å²) in [5.41, 5.74) is 0.335. The second-order valence-corrected chi connectivity index (χ2v) is 7.70. The van der Waals surface area contributed by atoms with E-state index >= 15 is 0 Å². The maximum absolute atomic E-state index is 12.0. The molecule has 0 aliphatic carbocycles. The number of nitrogens with one attached hydrogen (secondary N) is 1. The van der Waals surface area contributed by atoms with Crippen molar-refractivity contribution < 1.29 is 9.53 Å². The van der Waals surface area contributed by atoms with Gasteiger partial charge in [0.15, 0.2) is 0 Å². The number of carbonyl (C=O) groups excluding carboxylic acids is 1. The molecule has 1 aromatic rings. The third-order valence-corrected chi connectivity index (χ3v) is 4.43. The minimum atomic E-state index is -0.448. The first kappa shape index (κ1) is 18.2. The average molecular weight is 359 g/mol. The van der Waals surface area contributed by atoms with E-state index in [-0.39, 0.29) is 6.09 Å². The zero-order valence-corrected chi connectivity index (χ0v) is 15.4. The number of piperidine rings is 1. The van der Waals surface area contributed by atoms with Crippen LogP contribution < -0.4 is 5.32 Å². The Hall–Kier alpha value is -1.13. The van der Waals surface area contributed by atoms with E-state index in [2.05, 4.69) is 5.32 Å². The van der Waals surface area contributed by atoms with Gasteiger partial charge in [0, 0.05) is 19.6 Å². The molecule has 0 aromatic heterocycles. The first-order valence-corrected chi connectivity index (χ1v) is 8.67. The summed E-state index contributed by atoms with van der Waals surface area (Å²) in [7, 11) is 0. The van der Waals surface area contributed by atoms with E-state index in [0.29, 0.717) is 16.0 Å². The molecule has 2 rings (SSSR count). The number of halogens is 2. The van der Waals surface area contributed by atoms with Gasteiger partial charge in [0.05, 0.1) is 15.7 Å². The number of anilines is 1. The molecule has 1 N–H and O–H groups in total. The Balaban J connectivity index is 1.80. The first-order valence-electron chi connectivity index (χ1n) is 7.92. The van der Waals surface area contributed by atoms with Gasteiger partial charge >= 0.3 is 6.09 Å². The van der Waals surface area contributed by atoms with E-state index < -0.39 is 5.60 Å². The third kappa shape index (κ3) is 5.47. The number of hydrogen-bond acceptors (Lipinski definition) is 3. The molecule has 1 fully saturated rings. The predicted molar refractivity (Wildman–Crippen MR) is 95.5 cm³/mol. The first-order chi connectivity index (χ1) is 10.8. The van der Waals surface area contributed by atoms with Crippen LogP contribution in [0.1, 0.15) is 33.6 Å². The van der Waals surface area contributed by atoms with Crippen LogP contribution in [0.25, 0.3) is 0 Å². The summed E-state index contributed by atoms with van der Waals surface area (Å²) in [4.78, 5) is 13.8. The van der Waals surface area contributed by atoms with E-state index in [4.69, 9.17) is 27.9 Å². The monoisotopic (exact) mass is 358 g/mol. The van der Waals surface area contributed by atoms with Gasteiger partial charge in [0.25, 0.3) is 0 Å². The van der Waals surface area contributed by atoms with Crippen LogP contribution in [-0.2, 0) is 4.74 Å². The highest BCUT2D eigenvalue weighted by Crippen LogP contribution is 2.30. The van der Waals surface area contributed by atoms with E-state index in [1.807, 2.05) is 39.0 Å². The summed E-state index contributed by atoms with van der Waals surface area (Å²) in [5, 5.41) is 4.59. The minimum Gasteiger partial charge on any atom is -0.444 e. The Morgan fingerprint density at radius 1 is 1.26 bits per heavy atom. The number of rotatable bonds is 3. The van der Waals surface area contributed by atoms with Crippen LogP contribution >= 0.6 is 23.2 Å². The van der Waals surface area contributed by atoms with Crippen LogP contribution in [0.2, 0.25) is 10.0 Å². The molecular formula is C17H24Cl2N2O2. The van der Waals surface area contributed by atoms with Crippen molar-refractivity contribution >= 4 is 35.0 Å². The molecule has 1 aliphatic rings. The summed E-state index contributed by atoms with van der Waals surface area (Å²) in [5.74, 6) is 0.487. The van der Waals surface area contributed by atoms with Gasteiger partial charge in [-0.25, -0.2) is 4.79 Å². The maximum Gasteiger partial charge on any atom is 0.410 e. The Labute approximate surface area is 148 Å². The fourth-order valence-electron chi connectivity index (χ4n) is 2.56. The fourth-order valence-corrected chi connectivity index (χ4v) is 3.09. The normalized spacial score (nSPS) is 16.3. The van der Waals surface area contributed by atoms with Crippen molar-refractivity contribution in [1.82, 2.24) is 4.90 Å². The maximum atomic E-state index is 12.0. The molecule has 1 heterocycles. The van der Waals surface area contributed by atoms with E-state index in [9.17, 15) is 4.79 Å². The second-order valence-electron chi connectivity index (χ2n) is 6.89. The summed E-state index contributed by atoms with van der Waals surface area (Å²) in [6, 6.07) is 5.47. The number of nitrogens with zero attached hydrogens (tertiary/aromatic N) is 1. The van der Waals surface area contributed by atoms with Crippen molar-refractivity contribution in [3.8, 4) is 0 Å². The van der Waals surface area contributed by atoms with Gasteiger partial charge in [-0.05, 0) is 51.7 Å². The zero-order valence-electron chi connectivity index (χ0n) is 13.9. The minimum absolute atomic E-state index is 0.224. The summed E-state index contributed by atoms with van der Waals surface area (Å²) >= 11 is 12.3. The van der Waals surface area contributed by atoms with Gasteiger partial charge < -0.3 is 15.0 Å². The molecule has 1 saturated heterocycles. The van der Waals surface area contributed by atoms with Gasteiger partial charge in [-0.3, -0.25) is 0 Å². The lowest BCUT2D eigenvalue weighted by Gasteiger charge is -2.33. The molecule has 0 unspecified atom stereocenters. The van der Waals surface area contributed by atoms with Crippen molar-refractivity contribution in [1.29, 1.82) is 0 Å². The van der Waals surface area contributed by atoms with Crippen LogP contribution in [0, 0.1) is 5.92 Å². The van der Waals surface area contributed by atoms with Crippen molar-refractivity contribution in [2.24, 2.45) is 5.92 Å². The van der Waals surface area contributed by atoms with Gasteiger partial charge in [-0.15, -0.1) is 0 Å². The number of benzene rings is 1. The molecule has 1 amide bonds. The van der Waals surface area contributed by atoms with Crippen LogP contribution in [0.3, 0.4) is 0 Å². The molecule has 0 radical (unpaired) electrons. The summed E-state index contributed by atoms with van der Waals surface area (Å²) in [6.45, 7) is 7.89. The Morgan fingerprint density at radius 2 is 1.83 bits per heavy atom. The standard InChI is InChI=1S/C17H24Cl2N2O2/c1-17(2,3)23-16(22)21-9-7-12(8-10-21)11-20-15-13(18)5-4-6-14(15)19/h4-6,12,20H,7-11H2,1-3H3. The number of para-hydroxylation sites is 1. The Kier molecular flexibility index (Phi) is 6.04. The van der Waals surface area contributed by atoms with Gasteiger partial charge in [0.1, 0.15) is 5.60 Å². The van der Waals surface area contributed by atoms with Crippen molar-refractivity contribution in [3.05, 3.63) is 28.2 Å². The smallest absolute Gasteiger partial charge is 0.410 e. The lowest BCUT2D eigenvalue weighted by Crippen LogP contribution is -2.42. The van der Waals surface area contributed by atoms with E-state index in [1.165, 1.54) is 0 Å². The topological polar surface area (TPSA) is 41.6 Å². The molecule has 0 atom stereocenters. The van der Waals surface area contributed by atoms with Crippen molar-refractivity contribution in [2.45, 2.75) is 39.2 Å². The van der Waals surface area contributed by atoms with Crippen LogP contribution in [0.15, 0.2) is 18.2 Å².